The first-order valence-corrected chi connectivity index (χ1v) is 9.68. The molecule has 0 heterocycles. The summed E-state index contributed by atoms with van der Waals surface area (Å²) < 4.78 is 27.8. The van der Waals surface area contributed by atoms with Gasteiger partial charge in [0, 0.05) is 21.7 Å². The molecule has 2 aromatic carbocycles. The maximum Gasteiger partial charge on any atom is 0.240 e. The van der Waals surface area contributed by atoms with Gasteiger partial charge in [0.15, 0.2) is 0 Å². The Bertz CT molecular complexity index is 683. The zero-order chi connectivity index (χ0) is 15.3. The quantitative estimate of drug-likeness (QED) is 0.606. The number of hydrogen-bond acceptors (Lipinski definition) is 3. The predicted molar refractivity (Wildman–Crippen MR) is 91.2 cm³/mol. The van der Waals surface area contributed by atoms with E-state index in [2.05, 4.69) is 20.7 Å². The Morgan fingerprint density at radius 2 is 1.67 bits per heavy atom. The van der Waals surface area contributed by atoms with Gasteiger partial charge in [-0.05, 0) is 43.3 Å². The molecule has 0 aliphatic rings. The molecule has 0 saturated carbocycles. The summed E-state index contributed by atoms with van der Waals surface area (Å²) in [6.45, 7) is 2.33. The lowest BCUT2D eigenvalue weighted by atomic mass is 10.2. The highest BCUT2D eigenvalue weighted by Gasteiger charge is 2.12. The normalized spacial score (nSPS) is 11.5. The van der Waals surface area contributed by atoms with E-state index in [1.54, 1.807) is 36.0 Å². The Morgan fingerprint density at radius 1 is 1.05 bits per heavy atom. The van der Waals surface area contributed by atoms with Crippen molar-refractivity contribution in [1.82, 2.24) is 4.72 Å². The minimum absolute atomic E-state index is 0.307. The zero-order valence-electron chi connectivity index (χ0n) is 11.5. The number of aryl methyl sites for hydroxylation is 1. The van der Waals surface area contributed by atoms with Gasteiger partial charge in [-0.25, -0.2) is 13.1 Å². The Balaban J connectivity index is 1.85. The minimum Gasteiger partial charge on any atom is -0.210 e. The molecule has 21 heavy (non-hydrogen) atoms. The lowest BCUT2D eigenvalue weighted by Crippen LogP contribution is -2.26. The summed E-state index contributed by atoms with van der Waals surface area (Å²) in [5.74, 6) is 0.687. The molecule has 0 saturated heterocycles. The van der Waals surface area contributed by atoms with E-state index in [-0.39, 0.29) is 0 Å². The van der Waals surface area contributed by atoms with Gasteiger partial charge in [-0.15, -0.1) is 11.8 Å². The van der Waals surface area contributed by atoms with Gasteiger partial charge in [-0.3, -0.25) is 0 Å². The van der Waals surface area contributed by atoms with Crippen LogP contribution in [0.15, 0.2) is 62.8 Å². The van der Waals surface area contributed by atoms with Crippen LogP contribution in [0.25, 0.3) is 0 Å². The third-order valence-corrected chi connectivity index (χ3v) is 5.83. The number of nitrogens with one attached hydrogen (secondary N) is 1. The van der Waals surface area contributed by atoms with E-state index < -0.39 is 10.0 Å². The van der Waals surface area contributed by atoms with Crippen molar-refractivity contribution in [2.45, 2.75) is 16.7 Å². The van der Waals surface area contributed by atoms with E-state index in [1.807, 2.05) is 31.2 Å². The molecule has 0 spiro atoms. The van der Waals surface area contributed by atoms with Crippen molar-refractivity contribution in [2.24, 2.45) is 0 Å². The summed E-state index contributed by atoms with van der Waals surface area (Å²) in [5, 5.41) is 0. The smallest absolute Gasteiger partial charge is 0.210 e. The molecule has 0 fully saturated rings. The number of sulfonamides is 1. The number of rotatable bonds is 6. The highest BCUT2D eigenvalue weighted by Crippen LogP contribution is 2.20. The van der Waals surface area contributed by atoms with Gasteiger partial charge in [-0.2, -0.15) is 0 Å². The number of halogens is 1. The fraction of sp³-hybridized carbons (Fsp3) is 0.200. The molecule has 0 radical (unpaired) electrons. The van der Waals surface area contributed by atoms with Crippen LogP contribution < -0.4 is 4.72 Å². The van der Waals surface area contributed by atoms with E-state index in [0.717, 1.165) is 14.9 Å². The number of benzene rings is 2. The molecule has 0 aliphatic heterocycles. The molecule has 3 nitrogen and oxygen atoms in total. The molecule has 2 rings (SSSR count). The molecule has 0 bridgehead atoms. The standard InChI is InChI=1S/C15H16BrNO2S2/c1-12-2-8-15(9-3-12)21(18,19)17-10-11-20-14-6-4-13(16)5-7-14/h2-9,17H,10-11H2,1H3. The fourth-order valence-corrected chi connectivity index (χ4v) is 3.87. The Hall–Kier alpha value is -0.820. The first-order valence-electron chi connectivity index (χ1n) is 6.42. The summed E-state index contributed by atoms with van der Waals surface area (Å²) >= 11 is 5.00. The third-order valence-electron chi connectivity index (χ3n) is 2.81. The molecule has 0 amide bonds. The maximum absolute atomic E-state index is 12.1. The summed E-state index contributed by atoms with van der Waals surface area (Å²) in [6.07, 6.45) is 0. The van der Waals surface area contributed by atoms with Gasteiger partial charge in [0.2, 0.25) is 10.0 Å². The molecule has 2 aromatic rings. The van der Waals surface area contributed by atoms with Crippen molar-refractivity contribution in [2.75, 3.05) is 12.3 Å². The second-order valence-corrected chi connectivity index (χ2v) is 8.36. The molecular weight excluding hydrogens is 370 g/mol. The second kappa shape index (κ2) is 7.45. The second-order valence-electron chi connectivity index (χ2n) is 4.51. The third kappa shape index (κ3) is 5.14. The molecule has 1 N–H and O–H groups in total. The molecule has 0 aromatic heterocycles. The number of hydrogen-bond donors (Lipinski definition) is 1. The van der Waals surface area contributed by atoms with Crippen molar-refractivity contribution in [3.63, 3.8) is 0 Å². The monoisotopic (exact) mass is 385 g/mol. The Kier molecular flexibility index (Phi) is 5.87. The van der Waals surface area contributed by atoms with Gasteiger partial charge >= 0.3 is 0 Å². The van der Waals surface area contributed by atoms with Crippen LogP contribution >= 0.6 is 27.7 Å². The van der Waals surface area contributed by atoms with Crippen LogP contribution in [0.5, 0.6) is 0 Å². The zero-order valence-corrected chi connectivity index (χ0v) is 14.8. The maximum atomic E-state index is 12.1. The average Bonchev–Trinajstić information content (AvgIpc) is 2.46. The summed E-state index contributed by atoms with van der Waals surface area (Å²) in [6, 6.07) is 14.8. The molecule has 0 unspecified atom stereocenters. The van der Waals surface area contributed by atoms with Gasteiger partial charge in [0.1, 0.15) is 0 Å². The topological polar surface area (TPSA) is 46.2 Å². The van der Waals surface area contributed by atoms with Crippen molar-refractivity contribution in [3.05, 3.63) is 58.6 Å². The lowest BCUT2D eigenvalue weighted by molar-refractivity contribution is 0.584. The van der Waals surface area contributed by atoms with Crippen molar-refractivity contribution < 1.29 is 8.42 Å². The largest absolute Gasteiger partial charge is 0.240 e. The first kappa shape index (κ1) is 16.5. The molecule has 0 atom stereocenters. The summed E-state index contributed by atoms with van der Waals surface area (Å²) in [7, 11) is -3.41. The SMILES string of the molecule is Cc1ccc(S(=O)(=O)NCCSc2ccc(Br)cc2)cc1. The van der Waals surface area contributed by atoms with E-state index >= 15 is 0 Å². The van der Waals surface area contributed by atoms with Crippen molar-refractivity contribution >= 4 is 37.7 Å². The van der Waals surface area contributed by atoms with Gasteiger partial charge in [-0.1, -0.05) is 33.6 Å². The predicted octanol–water partition coefficient (Wildman–Crippen LogP) is 3.83. The Labute approximate surface area is 138 Å². The van der Waals surface area contributed by atoms with Crippen molar-refractivity contribution in [3.8, 4) is 0 Å². The fourth-order valence-electron chi connectivity index (χ4n) is 1.68. The highest BCUT2D eigenvalue weighted by atomic mass is 79.9. The molecular formula is C15H16BrNO2S2. The van der Waals surface area contributed by atoms with Crippen LogP contribution in [0.3, 0.4) is 0 Å². The van der Waals surface area contributed by atoms with Gasteiger partial charge < -0.3 is 0 Å². The lowest BCUT2D eigenvalue weighted by Gasteiger charge is -2.07. The first-order chi connectivity index (χ1) is 9.97. The summed E-state index contributed by atoms with van der Waals surface area (Å²) in [4.78, 5) is 1.43. The molecule has 112 valence electrons. The van der Waals surface area contributed by atoms with Crippen LogP contribution in [0.4, 0.5) is 0 Å². The van der Waals surface area contributed by atoms with Crippen LogP contribution in [0, 0.1) is 6.92 Å². The minimum atomic E-state index is -3.41. The molecule has 6 heteroatoms. The average molecular weight is 386 g/mol. The summed E-state index contributed by atoms with van der Waals surface area (Å²) in [5.41, 5.74) is 1.04. The molecule has 0 aliphatic carbocycles. The highest BCUT2D eigenvalue weighted by molar-refractivity contribution is 9.10. The van der Waals surface area contributed by atoms with E-state index in [1.165, 1.54) is 0 Å². The van der Waals surface area contributed by atoms with Gasteiger partial charge in [0.25, 0.3) is 0 Å². The van der Waals surface area contributed by atoms with E-state index in [0.29, 0.717) is 17.2 Å². The van der Waals surface area contributed by atoms with Crippen LogP contribution in [-0.2, 0) is 10.0 Å². The Morgan fingerprint density at radius 3 is 2.29 bits per heavy atom. The van der Waals surface area contributed by atoms with Crippen LogP contribution in [0.2, 0.25) is 0 Å². The number of thioether (sulfide) groups is 1. The van der Waals surface area contributed by atoms with Crippen LogP contribution in [0.1, 0.15) is 5.56 Å². The van der Waals surface area contributed by atoms with E-state index in [4.69, 9.17) is 0 Å². The van der Waals surface area contributed by atoms with Gasteiger partial charge in [0.05, 0.1) is 4.90 Å². The van der Waals surface area contributed by atoms with Crippen molar-refractivity contribution in [1.29, 1.82) is 0 Å². The van der Waals surface area contributed by atoms with Crippen LogP contribution in [-0.4, -0.2) is 20.7 Å². The van der Waals surface area contributed by atoms with E-state index in [9.17, 15) is 8.42 Å².